The maximum absolute atomic E-state index is 12.8. The topological polar surface area (TPSA) is 78.9 Å². The molecule has 0 aliphatic rings. The van der Waals surface area contributed by atoms with E-state index in [0.29, 0.717) is 19.3 Å². The van der Waals surface area contributed by atoms with Crippen LogP contribution in [0.4, 0.5) is 0 Å². The highest BCUT2D eigenvalue weighted by Crippen LogP contribution is 2.16. The van der Waals surface area contributed by atoms with Gasteiger partial charge < -0.3 is 14.2 Å². The minimum atomic E-state index is -0.771. The van der Waals surface area contributed by atoms with Gasteiger partial charge in [-0.25, -0.2) is 0 Å². The molecular weight excluding hydrogens is 769 g/mol. The van der Waals surface area contributed by atoms with E-state index in [2.05, 4.69) is 45.1 Å². The van der Waals surface area contributed by atoms with Gasteiger partial charge >= 0.3 is 17.9 Å². The first kappa shape index (κ1) is 59.9. The molecule has 0 amide bonds. The van der Waals surface area contributed by atoms with Gasteiger partial charge in [-0.3, -0.25) is 14.4 Å². The Morgan fingerprint density at radius 3 is 0.871 bits per heavy atom. The molecule has 6 nitrogen and oxygen atoms in total. The van der Waals surface area contributed by atoms with Crippen molar-refractivity contribution in [3.63, 3.8) is 0 Å². The van der Waals surface area contributed by atoms with Crippen LogP contribution in [-0.2, 0) is 28.6 Å². The second-order valence-corrected chi connectivity index (χ2v) is 18.5. The predicted molar refractivity (Wildman–Crippen MR) is 266 cm³/mol. The molecule has 62 heavy (non-hydrogen) atoms. The minimum absolute atomic E-state index is 0.0724. The molecule has 0 spiro atoms. The van der Waals surface area contributed by atoms with Crippen molar-refractivity contribution in [3.8, 4) is 0 Å². The summed E-state index contributed by atoms with van der Waals surface area (Å²) in [5, 5.41) is 0. The summed E-state index contributed by atoms with van der Waals surface area (Å²) in [4.78, 5) is 38.0. The van der Waals surface area contributed by atoms with Gasteiger partial charge in [0.25, 0.3) is 0 Å². The summed E-state index contributed by atoms with van der Waals surface area (Å²) in [6.07, 6.45) is 58.8. The van der Waals surface area contributed by atoms with Crippen LogP contribution < -0.4 is 0 Å². The van der Waals surface area contributed by atoms with Gasteiger partial charge in [0.15, 0.2) is 6.10 Å². The lowest BCUT2D eigenvalue weighted by Gasteiger charge is -2.18. The van der Waals surface area contributed by atoms with Crippen molar-refractivity contribution in [2.24, 2.45) is 0 Å². The Hall–Kier alpha value is -2.11. The first-order chi connectivity index (χ1) is 30.5. The average Bonchev–Trinajstić information content (AvgIpc) is 3.27. The molecule has 1 unspecified atom stereocenters. The van der Waals surface area contributed by atoms with E-state index < -0.39 is 6.10 Å². The monoisotopic (exact) mass is 873 g/mol. The molecule has 0 rings (SSSR count). The fraction of sp³-hybridized carbons (Fsp3) is 0.875. The van der Waals surface area contributed by atoms with Crippen molar-refractivity contribution in [2.45, 2.75) is 303 Å². The van der Waals surface area contributed by atoms with E-state index in [-0.39, 0.29) is 31.1 Å². The Labute approximate surface area is 385 Å². The molecule has 0 heterocycles. The van der Waals surface area contributed by atoms with Crippen molar-refractivity contribution in [3.05, 3.63) is 24.3 Å². The van der Waals surface area contributed by atoms with E-state index in [9.17, 15) is 14.4 Å². The maximum Gasteiger partial charge on any atom is 0.306 e. The summed E-state index contributed by atoms with van der Waals surface area (Å²) in [6.45, 7) is 6.60. The summed E-state index contributed by atoms with van der Waals surface area (Å²) in [6, 6.07) is 0. The highest BCUT2D eigenvalue weighted by Gasteiger charge is 2.19. The number of allylic oxidation sites excluding steroid dienone is 4. The van der Waals surface area contributed by atoms with Crippen LogP contribution in [0.25, 0.3) is 0 Å². The van der Waals surface area contributed by atoms with E-state index in [1.54, 1.807) is 0 Å². The molecule has 0 radical (unpaired) electrons. The van der Waals surface area contributed by atoms with E-state index in [1.165, 1.54) is 186 Å². The normalized spacial score (nSPS) is 12.1. The zero-order chi connectivity index (χ0) is 45.1. The van der Waals surface area contributed by atoms with E-state index >= 15 is 0 Å². The molecule has 0 aliphatic carbocycles. The van der Waals surface area contributed by atoms with Crippen LogP contribution in [0.1, 0.15) is 297 Å². The Morgan fingerprint density at radius 2 is 0.565 bits per heavy atom. The molecule has 6 heteroatoms. The number of ether oxygens (including phenoxy) is 3. The molecular formula is C56H104O6. The zero-order valence-electron chi connectivity index (χ0n) is 41.7. The Morgan fingerprint density at radius 1 is 0.306 bits per heavy atom. The van der Waals surface area contributed by atoms with Gasteiger partial charge in [0, 0.05) is 19.3 Å². The predicted octanol–water partition coefficient (Wildman–Crippen LogP) is 17.9. The first-order valence-corrected chi connectivity index (χ1v) is 27.3. The third-order valence-electron chi connectivity index (χ3n) is 12.2. The van der Waals surface area contributed by atoms with Gasteiger partial charge in [-0.1, -0.05) is 238 Å². The van der Waals surface area contributed by atoms with Crippen molar-refractivity contribution in [1.29, 1.82) is 0 Å². The largest absolute Gasteiger partial charge is 0.462 e. The van der Waals surface area contributed by atoms with Crippen LogP contribution in [0.2, 0.25) is 0 Å². The highest BCUT2D eigenvalue weighted by molar-refractivity contribution is 5.71. The van der Waals surface area contributed by atoms with Gasteiger partial charge in [0.2, 0.25) is 0 Å². The number of carbonyl (C=O) groups excluding carboxylic acids is 3. The molecule has 0 aromatic heterocycles. The van der Waals surface area contributed by atoms with Crippen LogP contribution in [-0.4, -0.2) is 37.2 Å². The van der Waals surface area contributed by atoms with Crippen LogP contribution in [0.3, 0.4) is 0 Å². The van der Waals surface area contributed by atoms with E-state index in [4.69, 9.17) is 14.2 Å². The molecule has 364 valence electrons. The third-order valence-corrected chi connectivity index (χ3v) is 12.2. The summed E-state index contributed by atoms with van der Waals surface area (Å²) in [5.74, 6) is -0.871. The number of unbranched alkanes of at least 4 members (excludes halogenated alkanes) is 35. The molecule has 0 fully saturated rings. The SMILES string of the molecule is CCC/C=C\CCCCCCCC(=O)OCC(COC(=O)CCCCCCCCC/C=C\CCCCCCCCC)OC(=O)CCCCCCCCCCCCCCCCCC. The highest BCUT2D eigenvalue weighted by atomic mass is 16.6. The molecule has 0 saturated carbocycles. The van der Waals surface area contributed by atoms with Crippen LogP contribution in [0, 0.1) is 0 Å². The zero-order valence-corrected chi connectivity index (χ0v) is 41.7. The molecule has 0 saturated heterocycles. The Bertz CT molecular complexity index is 1000. The lowest BCUT2D eigenvalue weighted by molar-refractivity contribution is -0.167. The molecule has 0 aromatic rings. The third kappa shape index (κ3) is 48.9. The lowest BCUT2D eigenvalue weighted by Crippen LogP contribution is -2.30. The molecule has 0 aliphatic heterocycles. The summed E-state index contributed by atoms with van der Waals surface area (Å²) < 4.78 is 16.8. The van der Waals surface area contributed by atoms with Gasteiger partial charge in [-0.05, 0) is 64.2 Å². The van der Waals surface area contributed by atoms with E-state index in [1.807, 2.05) is 0 Å². The molecule has 1 atom stereocenters. The van der Waals surface area contributed by atoms with Crippen LogP contribution >= 0.6 is 0 Å². The van der Waals surface area contributed by atoms with Crippen molar-refractivity contribution < 1.29 is 28.6 Å². The lowest BCUT2D eigenvalue weighted by atomic mass is 10.0. The Balaban J connectivity index is 4.29. The standard InChI is InChI=1S/C56H104O6/c1-4-7-10-13-16-19-22-24-26-28-29-31-32-34-37-40-43-46-49-55(58)61-52-53(51-60-54(57)48-45-42-39-36-21-18-15-12-9-6-3)62-56(59)50-47-44-41-38-35-33-30-27-25-23-20-17-14-11-8-5-2/h12,15,26,28,53H,4-11,13-14,16-25,27,29-52H2,1-3H3/b15-12-,28-26-. The number of carbonyl (C=O) groups is 3. The number of esters is 3. The van der Waals surface area contributed by atoms with Gasteiger partial charge in [-0.2, -0.15) is 0 Å². The van der Waals surface area contributed by atoms with Crippen LogP contribution in [0.5, 0.6) is 0 Å². The second-order valence-electron chi connectivity index (χ2n) is 18.5. The van der Waals surface area contributed by atoms with Crippen molar-refractivity contribution >= 4 is 17.9 Å². The average molecular weight is 873 g/mol. The van der Waals surface area contributed by atoms with Gasteiger partial charge in [0.1, 0.15) is 13.2 Å². The van der Waals surface area contributed by atoms with Crippen molar-refractivity contribution in [1.82, 2.24) is 0 Å². The minimum Gasteiger partial charge on any atom is -0.462 e. The Kier molecular flexibility index (Phi) is 49.8. The smallest absolute Gasteiger partial charge is 0.306 e. The number of hydrogen-bond donors (Lipinski definition) is 0. The van der Waals surface area contributed by atoms with Gasteiger partial charge in [0.05, 0.1) is 0 Å². The van der Waals surface area contributed by atoms with E-state index in [0.717, 1.165) is 70.6 Å². The number of hydrogen-bond acceptors (Lipinski definition) is 6. The second kappa shape index (κ2) is 51.5. The summed E-state index contributed by atoms with van der Waals surface area (Å²) in [5.41, 5.74) is 0. The quantitative estimate of drug-likeness (QED) is 0.0262. The number of rotatable bonds is 50. The fourth-order valence-electron chi connectivity index (χ4n) is 8.03. The molecule has 0 aromatic carbocycles. The molecule has 0 bridgehead atoms. The fourth-order valence-corrected chi connectivity index (χ4v) is 8.03. The maximum atomic E-state index is 12.8. The first-order valence-electron chi connectivity index (χ1n) is 27.3. The molecule has 0 N–H and O–H groups in total. The van der Waals surface area contributed by atoms with Gasteiger partial charge in [-0.15, -0.1) is 0 Å². The summed E-state index contributed by atoms with van der Waals surface area (Å²) >= 11 is 0. The summed E-state index contributed by atoms with van der Waals surface area (Å²) in [7, 11) is 0. The van der Waals surface area contributed by atoms with Crippen LogP contribution in [0.15, 0.2) is 24.3 Å². The van der Waals surface area contributed by atoms with Crippen molar-refractivity contribution in [2.75, 3.05) is 13.2 Å².